The average Bonchev–Trinajstić information content (AvgIpc) is 2.86. The van der Waals surface area contributed by atoms with E-state index < -0.39 is 13.7 Å². The van der Waals surface area contributed by atoms with E-state index in [1.807, 2.05) is 6.08 Å². The molecule has 0 aromatic rings. The molecular formula is C33H56O4Si. The predicted molar refractivity (Wildman–Crippen MR) is 161 cm³/mol. The van der Waals surface area contributed by atoms with Crippen LogP contribution in [0.25, 0.3) is 0 Å². The van der Waals surface area contributed by atoms with Crippen molar-refractivity contribution in [3.63, 3.8) is 0 Å². The molecule has 6 atom stereocenters. The Morgan fingerprint density at radius 3 is 2.53 bits per heavy atom. The van der Waals surface area contributed by atoms with Crippen molar-refractivity contribution in [3.05, 3.63) is 36.5 Å². The Balaban J connectivity index is 1.69. The van der Waals surface area contributed by atoms with Crippen LogP contribution in [0.2, 0.25) is 18.1 Å². The van der Waals surface area contributed by atoms with Gasteiger partial charge >= 0.3 is 5.97 Å². The van der Waals surface area contributed by atoms with E-state index in [9.17, 15) is 4.79 Å². The van der Waals surface area contributed by atoms with Gasteiger partial charge < -0.3 is 13.9 Å². The molecule has 0 bridgehead atoms. The molecule has 3 aliphatic rings. The van der Waals surface area contributed by atoms with Crippen LogP contribution in [0.15, 0.2) is 36.5 Å². The zero-order valence-electron chi connectivity index (χ0n) is 25.7. The van der Waals surface area contributed by atoms with Crippen molar-refractivity contribution in [3.8, 4) is 0 Å². The van der Waals surface area contributed by atoms with Crippen molar-refractivity contribution < 1.29 is 18.7 Å². The Bertz CT molecular complexity index is 863. The van der Waals surface area contributed by atoms with Gasteiger partial charge in [0, 0.05) is 18.6 Å². The standard InChI is InChI=1S/C33H56O4Si/c1-10-21-33(11-2,12-3)31(34)36-29-15-13-14-25-17-16-24(4)28(30(25)29)19-18-26-23-27(20-22-35-26)37-38(8,9)32(5,6)7/h10,14,16-17,24,26-30H,1,11-13,15,18-23H2,2-9H3/t24-,26+,27+,28-,29-,30-/m0/s1. The highest BCUT2D eigenvalue weighted by atomic mass is 28.4. The van der Waals surface area contributed by atoms with E-state index in [2.05, 4.69) is 79.4 Å². The first kappa shape index (κ1) is 31.4. The van der Waals surface area contributed by atoms with Crippen molar-refractivity contribution in [2.75, 3.05) is 6.61 Å². The molecule has 0 spiro atoms. The first-order valence-corrected chi connectivity index (χ1v) is 18.3. The molecule has 1 saturated heterocycles. The van der Waals surface area contributed by atoms with Crippen LogP contribution >= 0.6 is 0 Å². The lowest BCUT2D eigenvalue weighted by molar-refractivity contribution is -0.166. The van der Waals surface area contributed by atoms with Gasteiger partial charge in [0.1, 0.15) is 6.10 Å². The van der Waals surface area contributed by atoms with E-state index in [0.717, 1.165) is 58.0 Å². The van der Waals surface area contributed by atoms with Gasteiger partial charge in [0.25, 0.3) is 0 Å². The minimum Gasteiger partial charge on any atom is -0.461 e. The van der Waals surface area contributed by atoms with Crippen LogP contribution in [0.5, 0.6) is 0 Å². The Kier molecular flexibility index (Phi) is 10.7. The van der Waals surface area contributed by atoms with Gasteiger partial charge in [0.2, 0.25) is 0 Å². The van der Waals surface area contributed by atoms with Gasteiger partial charge in [-0.15, -0.1) is 6.58 Å². The van der Waals surface area contributed by atoms with Crippen LogP contribution in [-0.2, 0) is 18.7 Å². The molecule has 38 heavy (non-hydrogen) atoms. The number of hydrogen-bond donors (Lipinski definition) is 0. The van der Waals surface area contributed by atoms with Crippen LogP contribution in [0.4, 0.5) is 0 Å². The summed E-state index contributed by atoms with van der Waals surface area (Å²) in [5.74, 6) is 1.14. The SMILES string of the molecule is C=CCC(CC)(CC)C(=O)O[C@H]1CCC=C2C=C[C@H](C)[C@H](CC[C@@H]3C[C@H](O[Si](C)(C)C(C)(C)C)CCO3)[C@H]21. The van der Waals surface area contributed by atoms with E-state index in [4.69, 9.17) is 13.9 Å². The predicted octanol–water partition coefficient (Wildman–Crippen LogP) is 8.79. The van der Waals surface area contributed by atoms with Crippen molar-refractivity contribution in [1.29, 1.82) is 0 Å². The first-order chi connectivity index (χ1) is 17.9. The summed E-state index contributed by atoms with van der Waals surface area (Å²) in [6.45, 7) is 22.9. The third kappa shape index (κ3) is 7.12. The van der Waals surface area contributed by atoms with Crippen molar-refractivity contribution in [1.82, 2.24) is 0 Å². The van der Waals surface area contributed by atoms with Gasteiger partial charge in [-0.2, -0.15) is 0 Å². The molecule has 4 nitrogen and oxygen atoms in total. The van der Waals surface area contributed by atoms with Crippen molar-refractivity contribution in [2.45, 2.75) is 136 Å². The van der Waals surface area contributed by atoms with Crippen LogP contribution in [0, 0.1) is 23.2 Å². The Morgan fingerprint density at radius 1 is 1.18 bits per heavy atom. The fraction of sp³-hybridized carbons (Fsp3) is 0.788. The number of fused-ring (bicyclic) bond motifs is 1. The second-order valence-electron chi connectivity index (χ2n) is 13.7. The summed E-state index contributed by atoms with van der Waals surface area (Å²) >= 11 is 0. The molecule has 0 aromatic heterocycles. The highest BCUT2D eigenvalue weighted by molar-refractivity contribution is 6.74. The Morgan fingerprint density at radius 2 is 1.89 bits per heavy atom. The monoisotopic (exact) mass is 544 g/mol. The lowest BCUT2D eigenvalue weighted by atomic mass is 9.66. The highest BCUT2D eigenvalue weighted by Crippen LogP contribution is 2.45. The Hall–Kier alpha value is -1.17. The second kappa shape index (κ2) is 13.0. The highest BCUT2D eigenvalue weighted by Gasteiger charge is 2.44. The smallest absolute Gasteiger partial charge is 0.312 e. The fourth-order valence-electron chi connectivity index (χ4n) is 6.53. The number of allylic oxidation sites excluding steroid dienone is 4. The lowest BCUT2D eigenvalue weighted by Crippen LogP contribution is -2.46. The van der Waals surface area contributed by atoms with E-state index in [1.54, 1.807) is 0 Å². The minimum atomic E-state index is -1.79. The lowest BCUT2D eigenvalue weighted by Gasteiger charge is -2.44. The van der Waals surface area contributed by atoms with Crippen LogP contribution in [-0.4, -0.2) is 39.2 Å². The summed E-state index contributed by atoms with van der Waals surface area (Å²) in [5, 5.41) is 0.222. The molecule has 0 amide bonds. The second-order valence-corrected chi connectivity index (χ2v) is 18.5. The molecule has 0 aromatic carbocycles. The maximum Gasteiger partial charge on any atom is 0.312 e. The molecule has 0 unspecified atom stereocenters. The van der Waals surface area contributed by atoms with Crippen LogP contribution < -0.4 is 0 Å². The zero-order valence-corrected chi connectivity index (χ0v) is 26.7. The maximum absolute atomic E-state index is 13.5. The zero-order chi connectivity index (χ0) is 28.1. The molecule has 1 fully saturated rings. The van der Waals surface area contributed by atoms with Gasteiger partial charge in [-0.05, 0) is 93.3 Å². The number of ether oxygens (including phenoxy) is 2. The molecule has 2 aliphatic carbocycles. The molecule has 3 rings (SSSR count). The van der Waals surface area contributed by atoms with E-state index in [-0.39, 0.29) is 29.1 Å². The maximum atomic E-state index is 13.5. The molecular weight excluding hydrogens is 488 g/mol. The number of rotatable bonds is 11. The van der Waals surface area contributed by atoms with Gasteiger partial charge in [-0.3, -0.25) is 4.79 Å². The number of esters is 1. The topological polar surface area (TPSA) is 44.8 Å². The number of hydrogen-bond acceptors (Lipinski definition) is 4. The summed E-state index contributed by atoms with van der Waals surface area (Å²) in [6, 6.07) is 0. The molecule has 216 valence electrons. The van der Waals surface area contributed by atoms with Gasteiger partial charge in [0.15, 0.2) is 8.32 Å². The molecule has 0 N–H and O–H groups in total. The Labute approximate surface area is 234 Å². The minimum absolute atomic E-state index is 0.0316. The summed E-state index contributed by atoms with van der Waals surface area (Å²) in [5.41, 5.74) is 0.909. The van der Waals surface area contributed by atoms with Crippen LogP contribution in [0.3, 0.4) is 0 Å². The van der Waals surface area contributed by atoms with Crippen LogP contribution in [0.1, 0.15) is 99.3 Å². The molecule has 0 saturated carbocycles. The molecule has 5 heteroatoms. The number of carbonyl (C=O) groups is 1. The summed E-state index contributed by atoms with van der Waals surface area (Å²) in [7, 11) is -1.79. The van der Waals surface area contributed by atoms with Gasteiger partial charge in [-0.1, -0.05) is 65.8 Å². The largest absolute Gasteiger partial charge is 0.461 e. The van der Waals surface area contributed by atoms with E-state index in [1.165, 1.54) is 5.57 Å². The average molecular weight is 545 g/mol. The quantitative estimate of drug-likeness (QED) is 0.148. The third-order valence-electron chi connectivity index (χ3n) is 10.3. The molecule has 1 aliphatic heterocycles. The first-order valence-electron chi connectivity index (χ1n) is 15.4. The van der Waals surface area contributed by atoms with Crippen molar-refractivity contribution in [2.24, 2.45) is 23.2 Å². The summed E-state index contributed by atoms with van der Waals surface area (Å²) in [4.78, 5) is 13.5. The fourth-order valence-corrected chi connectivity index (χ4v) is 7.93. The van der Waals surface area contributed by atoms with Gasteiger partial charge in [0.05, 0.1) is 11.5 Å². The van der Waals surface area contributed by atoms with Gasteiger partial charge in [-0.25, -0.2) is 0 Å². The molecule has 0 radical (unpaired) electrons. The molecule has 1 heterocycles. The number of carbonyl (C=O) groups excluding carboxylic acids is 1. The third-order valence-corrected chi connectivity index (χ3v) is 14.9. The van der Waals surface area contributed by atoms with Crippen molar-refractivity contribution >= 4 is 14.3 Å². The summed E-state index contributed by atoms with van der Waals surface area (Å²) < 4.78 is 19.5. The van der Waals surface area contributed by atoms with E-state index >= 15 is 0 Å². The normalized spacial score (nSPS) is 30.4. The van der Waals surface area contributed by atoms with E-state index in [0.29, 0.717) is 24.4 Å². The summed E-state index contributed by atoms with van der Waals surface area (Å²) in [6.07, 6.45) is 17.6.